The molecule has 1 aromatic rings. The second kappa shape index (κ2) is 6.50. The van der Waals surface area contributed by atoms with Gasteiger partial charge in [0.05, 0.1) is 5.92 Å². The average Bonchev–Trinajstić information content (AvgIpc) is 3.23. The summed E-state index contributed by atoms with van der Waals surface area (Å²) < 4.78 is 1.75. The molecule has 0 aliphatic carbocycles. The lowest BCUT2D eigenvalue weighted by molar-refractivity contribution is -0.135. The molecule has 0 N–H and O–H groups in total. The van der Waals surface area contributed by atoms with Crippen LogP contribution >= 0.6 is 0 Å². The molecule has 1 atom stereocenters. The largest absolute Gasteiger partial charge is 0.342 e. The number of hydrogen-bond acceptors (Lipinski definition) is 3. The third-order valence-electron chi connectivity index (χ3n) is 4.68. The minimum atomic E-state index is -0.0545. The third-order valence-corrected chi connectivity index (χ3v) is 4.68. The summed E-state index contributed by atoms with van der Waals surface area (Å²) in [5.41, 5.74) is 0.480. The number of carbonyl (C=O) groups is 2. The number of amides is 2. The molecule has 1 unspecified atom stereocenters. The van der Waals surface area contributed by atoms with Crippen molar-refractivity contribution in [2.24, 2.45) is 5.92 Å². The van der Waals surface area contributed by atoms with E-state index in [2.05, 4.69) is 5.10 Å². The van der Waals surface area contributed by atoms with Gasteiger partial charge in [0.25, 0.3) is 5.91 Å². The van der Waals surface area contributed by atoms with Crippen molar-refractivity contribution in [2.45, 2.75) is 39.2 Å². The standard InChI is InChI=1S/C16H24N4O2/c1-2-20-11-7-14(17-20)16(22)19-10-6-13(12-19)15(21)18-8-4-3-5-9-18/h7,11,13H,2-6,8-10,12H2,1H3. The fourth-order valence-electron chi connectivity index (χ4n) is 3.33. The monoisotopic (exact) mass is 304 g/mol. The van der Waals surface area contributed by atoms with Crippen LogP contribution in [0.4, 0.5) is 0 Å². The van der Waals surface area contributed by atoms with Crippen LogP contribution in [0.25, 0.3) is 0 Å². The normalized spacial score (nSPS) is 22.1. The molecule has 2 aliphatic rings. The van der Waals surface area contributed by atoms with Crippen molar-refractivity contribution in [1.82, 2.24) is 19.6 Å². The van der Waals surface area contributed by atoms with Crippen LogP contribution in [0.2, 0.25) is 0 Å². The Bertz CT molecular complexity index is 548. The molecule has 0 aromatic carbocycles. The lowest BCUT2D eigenvalue weighted by atomic mass is 10.0. The van der Waals surface area contributed by atoms with Gasteiger partial charge < -0.3 is 9.80 Å². The first-order valence-corrected chi connectivity index (χ1v) is 8.30. The summed E-state index contributed by atoms with van der Waals surface area (Å²) in [6.07, 6.45) is 6.03. The van der Waals surface area contributed by atoms with E-state index in [0.29, 0.717) is 18.8 Å². The number of rotatable bonds is 3. The maximum atomic E-state index is 12.5. The van der Waals surface area contributed by atoms with E-state index in [1.54, 1.807) is 15.6 Å². The van der Waals surface area contributed by atoms with Gasteiger partial charge in [0, 0.05) is 38.9 Å². The predicted molar refractivity (Wildman–Crippen MR) is 82.3 cm³/mol. The second-order valence-corrected chi connectivity index (χ2v) is 6.18. The van der Waals surface area contributed by atoms with Gasteiger partial charge in [-0.2, -0.15) is 5.10 Å². The Kier molecular flexibility index (Phi) is 4.45. The minimum absolute atomic E-state index is 0.0321. The summed E-state index contributed by atoms with van der Waals surface area (Å²) in [5.74, 6) is 0.144. The molecule has 3 rings (SSSR count). The smallest absolute Gasteiger partial charge is 0.274 e. The van der Waals surface area contributed by atoms with Crippen molar-refractivity contribution in [3.8, 4) is 0 Å². The van der Waals surface area contributed by atoms with Gasteiger partial charge in [-0.25, -0.2) is 0 Å². The number of likely N-dealkylation sites (tertiary alicyclic amines) is 2. The molecule has 0 saturated carbocycles. The molecule has 22 heavy (non-hydrogen) atoms. The Balaban J connectivity index is 1.59. The molecule has 2 aliphatic heterocycles. The Labute approximate surface area is 131 Å². The van der Waals surface area contributed by atoms with E-state index in [-0.39, 0.29) is 17.7 Å². The Morgan fingerprint density at radius 2 is 1.95 bits per heavy atom. The zero-order valence-electron chi connectivity index (χ0n) is 13.2. The first-order chi connectivity index (χ1) is 10.7. The molecule has 3 heterocycles. The highest BCUT2D eigenvalue weighted by molar-refractivity contribution is 5.93. The molecule has 120 valence electrons. The van der Waals surface area contributed by atoms with Crippen LogP contribution < -0.4 is 0 Å². The van der Waals surface area contributed by atoms with Gasteiger partial charge in [-0.3, -0.25) is 14.3 Å². The van der Waals surface area contributed by atoms with E-state index < -0.39 is 0 Å². The van der Waals surface area contributed by atoms with E-state index in [1.807, 2.05) is 18.0 Å². The molecular weight excluding hydrogens is 280 g/mol. The van der Waals surface area contributed by atoms with Gasteiger partial charge in [-0.05, 0) is 38.7 Å². The summed E-state index contributed by atoms with van der Waals surface area (Å²) >= 11 is 0. The van der Waals surface area contributed by atoms with Crippen LogP contribution in [0.3, 0.4) is 0 Å². The predicted octanol–water partition coefficient (Wildman–Crippen LogP) is 1.38. The van der Waals surface area contributed by atoms with Crippen molar-refractivity contribution in [1.29, 1.82) is 0 Å². The second-order valence-electron chi connectivity index (χ2n) is 6.18. The summed E-state index contributed by atoms with van der Waals surface area (Å²) in [4.78, 5) is 28.7. The van der Waals surface area contributed by atoms with Crippen molar-refractivity contribution >= 4 is 11.8 Å². The summed E-state index contributed by atoms with van der Waals surface area (Å²) in [6.45, 7) is 5.69. The van der Waals surface area contributed by atoms with Crippen LogP contribution in [-0.4, -0.2) is 57.6 Å². The number of piperidine rings is 1. The van der Waals surface area contributed by atoms with Gasteiger partial charge in [-0.1, -0.05) is 0 Å². The van der Waals surface area contributed by atoms with Crippen molar-refractivity contribution < 1.29 is 9.59 Å². The highest BCUT2D eigenvalue weighted by Gasteiger charge is 2.34. The van der Waals surface area contributed by atoms with Gasteiger partial charge in [0.2, 0.25) is 5.91 Å². The third kappa shape index (κ3) is 3.00. The van der Waals surface area contributed by atoms with Gasteiger partial charge >= 0.3 is 0 Å². The zero-order valence-corrected chi connectivity index (χ0v) is 13.2. The maximum Gasteiger partial charge on any atom is 0.274 e. The topological polar surface area (TPSA) is 58.4 Å². The number of aromatic nitrogens is 2. The molecule has 2 fully saturated rings. The lowest BCUT2D eigenvalue weighted by Gasteiger charge is -2.29. The Morgan fingerprint density at radius 1 is 1.18 bits per heavy atom. The minimum Gasteiger partial charge on any atom is -0.342 e. The van der Waals surface area contributed by atoms with Gasteiger partial charge in [0.1, 0.15) is 5.69 Å². The van der Waals surface area contributed by atoms with E-state index in [4.69, 9.17) is 0 Å². The fourth-order valence-corrected chi connectivity index (χ4v) is 3.33. The number of nitrogens with zero attached hydrogens (tertiary/aromatic N) is 4. The first kappa shape index (κ1) is 15.1. The molecule has 0 radical (unpaired) electrons. The van der Waals surface area contributed by atoms with Crippen LogP contribution in [0.5, 0.6) is 0 Å². The van der Waals surface area contributed by atoms with Crippen molar-refractivity contribution in [2.75, 3.05) is 26.2 Å². The average molecular weight is 304 g/mol. The molecule has 2 saturated heterocycles. The van der Waals surface area contributed by atoms with Gasteiger partial charge in [-0.15, -0.1) is 0 Å². The van der Waals surface area contributed by atoms with Crippen molar-refractivity contribution in [3.63, 3.8) is 0 Å². The zero-order chi connectivity index (χ0) is 15.5. The molecule has 6 heteroatoms. The molecule has 2 amide bonds. The van der Waals surface area contributed by atoms with E-state index in [9.17, 15) is 9.59 Å². The summed E-state index contributed by atoms with van der Waals surface area (Å²) in [6, 6.07) is 1.76. The Hall–Kier alpha value is -1.85. The lowest BCUT2D eigenvalue weighted by Crippen LogP contribution is -2.41. The van der Waals surface area contributed by atoms with E-state index in [1.165, 1.54) is 6.42 Å². The molecule has 6 nitrogen and oxygen atoms in total. The molecule has 0 bridgehead atoms. The van der Waals surface area contributed by atoms with Crippen LogP contribution in [0.15, 0.2) is 12.3 Å². The van der Waals surface area contributed by atoms with E-state index in [0.717, 1.165) is 38.9 Å². The quantitative estimate of drug-likeness (QED) is 0.847. The van der Waals surface area contributed by atoms with Crippen LogP contribution in [-0.2, 0) is 11.3 Å². The highest BCUT2D eigenvalue weighted by Crippen LogP contribution is 2.22. The number of aryl methyl sites for hydroxylation is 1. The number of hydrogen-bond donors (Lipinski definition) is 0. The first-order valence-electron chi connectivity index (χ1n) is 8.30. The molecular formula is C16H24N4O2. The van der Waals surface area contributed by atoms with Crippen LogP contribution in [0.1, 0.15) is 43.1 Å². The highest BCUT2D eigenvalue weighted by atomic mass is 16.2. The maximum absolute atomic E-state index is 12.5. The fraction of sp³-hybridized carbons (Fsp3) is 0.688. The number of carbonyl (C=O) groups excluding carboxylic acids is 2. The molecule has 1 aromatic heterocycles. The summed E-state index contributed by atoms with van der Waals surface area (Å²) in [7, 11) is 0. The summed E-state index contributed by atoms with van der Waals surface area (Å²) in [5, 5.41) is 4.26. The SMILES string of the molecule is CCn1ccc(C(=O)N2CCC(C(=O)N3CCCCC3)C2)n1. The Morgan fingerprint density at radius 3 is 2.64 bits per heavy atom. The van der Waals surface area contributed by atoms with E-state index >= 15 is 0 Å². The molecule has 0 spiro atoms. The van der Waals surface area contributed by atoms with Crippen molar-refractivity contribution in [3.05, 3.63) is 18.0 Å². The van der Waals surface area contributed by atoms with Crippen LogP contribution in [0, 0.1) is 5.92 Å². The van der Waals surface area contributed by atoms with Gasteiger partial charge in [0.15, 0.2) is 0 Å².